The van der Waals surface area contributed by atoms with E-state index in [4.69, 9.17) is 14.2 Å². The van der Waals surface area contributed by atoms with Crippen LogP contribution in [0.15, 0.2) is 40.9 Å². The predicted octanol–water partition coefficient (Wildman–Crippen LogP) is 7.23. The van der Waals surface area contributed by atoms with Crippen molar-refractivity contribution in [2.45, 2.75) is 88.8 Å². The van der Waals surface area contributed by atoms with Crippen LogP contribution in [0.1, 0.15) is 79.1 Å². The normalized spacial score (nSPS) is 21.8. The van der Waals surface area contributed by atoms with E-state index in [0.717, 1.165) is 48.0 Å². The Labute approximate surface area is 249 Å². The van der Waals surface area contributed by atoms with Crippen molar-refractivity contribution >= 4 is 32.7 Å². The summed E-state index contributed by atoms with van der Waals surface area (Å²) in [6.07, 6.45) is 0.0404. The van der Waals surface area contributed by atoms with Gasteiger partial charge in [-0.3, -0.25) is 0 Å². The van der Waals surface area contributed by atoms with Gasteiger partial charge in [0.15, 0.2) is 5.13 Å². The molecule has 0 spiro atoms. The largest absolute Gasteiger partial charge is 0.489 e. The average molecular weight is 613 g/mol. The number of hydrogen-bond acceptors (Lipinski definition) is 8. The third kappa shape index (κ3) is 5.24. The number of nitrogens with one attached hydrogen (secondary N) is 1. The summed E-state index contributed by atoms with van der Waals surface area (Å²) in [6.45, 7) is 4.17. The Kier molecular flexibility index (Phi) is 6.88. The highest BCUT2D eigenvalue weighted by molar-refractivity contribution is 7.22. The lowest BCUT2D eigenvalue weighted by Crippen LogP contribution is -2.64. The number of hydrogen-bond donors (Lipinski definition) is 2. The van der Waals surface area contributed by atoms with Crippen molar-refractivity contribution in [1.82, 2.24) is 15.5 Å². The van der Waals surface area contributed by atoms with Crippen molar-refractivity contribution < 1.29 is 32.3 Å². The van der Waals surface area contributed by atoms with Gasteiger partial charge in [0.05, 0.1) is 21.9 Å². The second-order valence-corrected chi connectivity index (χ2v) is 13.0. The number of fused-ring (bicyclic) bond motifs is 3. The van der Waals surface area contributed by atoms with Crippen LogP contribution in [-0.2, 0) is 12.7 Å². The topological polar surface area (TPSA) is 101 Å². The van der Waals surface area contributed by atoms with Crippen molar-refractivity contribution in [3.05, 3.63) is 58.8 Å². The van der Waals surface area contributed by atoms with E-state index < -0.39 is 17.7 Å². The first-order chi connectivity index (χ1) is 20.6. The van der Waals surface area contributed by atoms with Gasteiger partial charge in [-0.2, -0.15) is 13.2 Å². The summed E-state index contributed by atoms with van der Waals surface area (Å²) < 4.78 is 53.8. The molecule has 4 aromatic rings. The molecule has 226 valence electrons. The number of ether oxygens (including phenoxy) is 1. The van der Waals surface area contributed by atoms with E-state index in [1.165, 1.54) is 29.5 Å². The molecule has 4 heterocycles. The van der Waals surface area contributed by atoms with Crippen LogP contribution >= 0.6 is 11.3 Å². The number of carboxylic acid groups (broad SMARTS) is 1. The summed E-state index contributed by atoms with van der Waals surface area (Å²) in [5, 5.41) is 18.2. The molecule has 0 radical (unpaired) electrons. The Hall–Kier alpha value is -3.64. The number of carboxylic acids is 1. The van der Waals surface area contributed by atoms with Crippen LogP contribution in [0, 0.1) is 0 Å². The Morgan fingerprint density at radius 2 is 1.93 bits per heavy atom. The molecule has 2 N–H and O–H groups in total. The Balaban J connectivity index is 1.09. The van der Waals surface area contributed by atoms with Crippen molar-refractivity contribution in [1.29, 1.82) is 0 Å². The summed E-state index contributed by atoms with van der Waals surface area (Å²) in [7, 11) is 0. The Bertz CT molecular complexity index is 1680. The second-order valence-electron chi connectivity index (χ2n) is 12.0. The van der Waals surface area contributed by atoms with Gasteiger partial charge >= 0.3 is 12.1 Å². The number of carbonyl (C=O) groups is 1. The van der Waals surface area contributed by atoms with E-state index in [2.05, 4.69) is 15.4 Å². The molecule has 4 fully saturated rings. The lowest BCUT2D eigenvalue weighted by molar-refractivity contribution is -0.137. The number of alkyl halides is 3. The molecule has 2 aliphatic heterocycles. The highest BCUT2D eigenvalue weighted by atomic mass is 32.1. The van der Waals surface area contributed by atoms with Crippen molar-refractivity contribution in [2.24, 2.45) is 0 Å². The number of nitrogens with zero attached hydrogens (tertiary/aromatic N) is 3. The van der Waals surface area contributed by atoms with E-state index in [0.29, 0.717) is 29.1 Å². The van der Waals surface area contributed by atoms with Crippen LogP contribution in [0.3, 0.4) is 0 Å². The molecule has 4 aliphatic rings. The zero-order valence-electron chi connectivity index (χ0n) is 23.6. The van der Waals surface area contributed by atoms with Crippen LogP contribution < -0.4 is 15.0 Å². The van der Waals surface area contributed by atoms with E-state index in [1.807, 2.05) is 13.8 Å². The fourth-order valence-electron chi connectivity index (χ4n) is 6.47. The number of piperidine rings is 1. The van der Waals surface area contributed by atoms with Gasteiger partial charge < -0.3 is 24.6 Å². The molecule has 2 saturated heterocycles. The molecule has 43 heavy (non-hydrogen) atoms. The predicted molar refractivity (Wildman–Crippen MR) is 156 cm³/mol. The third-order valence-electron chi connectivity index (χ3n) is 8.55. The quantitative estimate of drug-likeness (QED) is 0.204. The summed E-state index contributed by atoms with van der Waals surface area (Å²) in [5.41, 5.74) is 1.15. The maximum atomic E-state index is 13.8. The average Bonchev–Trinajstić information content (AvgIpc) is 3.57. The highest BCUT2D eigenvalue weighted by Gasteiger charge is 2.47. The number of thiazole rings is 1. The van der Waals surface area contributed by atoms with Crippen LogP contribution in [0.4, 0.5) is 18.3 Å². The van der Waals surface area contributed by atoms with Crippen LogP contribution in [0.2, 0.25) is 0 Å². The molecule has 2 atom stereocenters. The number of benzene rings is 2. The molecule has 8 nitrogen and oxygen atoms in total. The number of aromatic carboxylic acids is 1. The summed E-state index contributed by atoms with van der Waals surface area (Å²) in [6, 6.07) is 9.43. The van der Waals surface area contributed by atoms with Crippen LogP contribution in [-0.4, -0.2) is 45.4 Å². The van der Waals surface area contributed by atoms with E-state index >= 15 is 0 Å². The van der Waals surface area contributed by atoms with E-state index in [-0.39, 0.29) is 47.0 Å². The van der Waals surface area contributed by atoms with Crippen LogP contribution in [0.5, 0.6) is 5.75 Å². The van der Waals surface area contributed by atoms with Gasteiger partial charge in [0.1, 0.15) is 22.7 Å². The SMILES string of the molecule is CC(C)Oc1cc(C(=O)O)cc2sc(N3C4CC(NCc5c(-c6ccccc6C(F)(F)F)noc5C5CC5)CC3C4)nc12. The third-order valence-corrected chi connectivity index (χ3v) is 9.56. The molecular weight excluding hydrogens is 581 g/mol. The van der Waals surface area contributed by atoms with Gasteiger partial charge in [-0.15, -0.1) is 0 Å². The van der Waals surface area contributed by atoms with Gasteiger partial charge in [0, 0.05) is 41.7 Å². The minimum atomic E-state index is -4.49. The molecule has 2 saturated carbocycles. The minimum Gasteiger partial charge on any atom is -0.489 e. The molecule has 12 heteroatoms. The standard InChI is InChI=1S/C31H31F3N4O4S/c1-15(2)41-24-9-17(29(39)40)10-25-27(24)36-30(43-25)38-19-11-18(12-20(38)13-19)35-14-22-26(37-42-28(22)16-7-8-16)21-5-3-4-6-23(21)31(32,33)34/h3-6,9-10,15-16,18-20,35H,7-8,11-14H2,1-2H3,(H,39,40). The lowest BCUT2D eigenvalue weighted by Gasteiger charge is -2.55. The fraction of sp³-hybridized carbons (Fsp3) is 0.452. The maximum absolute atomic E-state index is 13.8. The molecule has 2 aromatic heterocycles. The fourth-order valence-corrected chi connectivity index (χ4v) is 7.64. The second kappa shape index (κ2) is 10.5. The van der Waals surface area contributed by atoms with Gasteiger partial charge in [0.2, 0.25) is 0 Å². The van der Waals surface area contributed by atoms with Crippen molar-refractivity contribution in [3.63, 3.8) is 0 Å². The summed E-state index contributed by atoms with van der Waals surface area (Å²) >= 11 is 1.48. The van der Waals surface area contributed by atoms with Gasteiger partial charge in [0.25, 0.3) is 0 Å². The van der Waals surface area contributed by atoms with Crippen LogP contribution in [0.25, 0.3) is 21.5 Å². The van der Waals surface area contributed by atoms with Crippen molar-refractivity contribution in [3.8, 4) is 17.0 Å². The van der Waals surface area contributed by atoms with Gasteiger partial charge in [-0.1, -0.05) is 34.7 Å². The zero-order valence-corrected chi connectivity index (χ0v) is 24.5. The molecular formula is C31H31F3N4O4S. The number of rotatable bonds is 9. The van der Waals surface area contributed by atoms with E-state index in [1.54, 1.807) is 12.1 Å². The first kappa shape index (κ1) is 28.1. The molecule has 2 aromatic carbocycles. The number of halogens is 3. The smallest absolute Gasteiger partial charge is 0.417 e. The molecule has 0 amide bonds. The van der Waals surface area contributed by atoms with E-state index in [9.17, 15) is 23.1 Å². The van der Waals surface area contributed by atoms with Gasteiger partial charge in [-0.05, 0) is 64.2 Å². The summed E-state index contributed by atoms with van der Waals surface area (Å²) in [5.74, 6) is 0.358. The Morgan fingerprint density at radius 1 is 1.19 bits per heavy atom. The number of anilines is 1. The highest BCUT2D eigenvalue weighted by Crippen LogP contribution is 2.48. The zero-order chi connectivity index (χ0) is 30.0. The molecule has 2 bridgehead atoms. The first-order valence-electron chi connectivity index (χ1n) is 14.6. The minimum absolute atomic E-state index is 0.0443. The first-order valence-corrected chi connectivity index (χ1v) is 15.4. The molecule has 8 rings (SSSR count). The van der Waals surface area contributed by atoms with Gasteiger partial charge in [-0.25, -0.2) is 9.78 Å². The molecule has 2 aliphatic carbocycles. The Morgan fingerprint density at radius 3 is 2.60 bits per heavy atom. The summed E-state index contributed by atoms with van der Waals surface area (Å²) in [4.78, 5) is 18.9. The monoisotopic (exact) mass is 612 g/mol. The van der Waals surface area contributed by atoms with Crippen molar-refractivity contribution in [2.75, 3.05) is 4.90 Å². The maximum Gasteiger partial charge on any atom is 0.417 e. The number of aromatic nitrogens is 2. The lowest BCUT2D eigenvalue weighted by atomic mass is 9.77. The molecule has 2 unspecified atom stereocenters.